The number of carboxylic acids is 1. The number of carboxylic acid groups (broad SMARTS) is 1. The maximum Gasteiger partial charge on any atom is 0.507 e. The maximum absolute atomic E-state index is 11.6. The molecule has 2 aromatic heterocycles. The molecule has 0 aliphatic carbocycles. The van der Waals surface area contributed by atoms with E-state index >= 15 is 0 Å². The number of nitrogens with zero attached hydrogens (tertiary/aromatic N) is 4. The minimum atomic E-state index is -1.25. The van der Waals surface area contributed by atoms with Gasteiger partial charge >= 0.3 is 23.5 Å². The van der Waals surface area contributed by atoms with Gasteiger partial charge in [-0.25, -0.2) is 9.79 Å². The smallest absolute Gasteiger partial charge is 0.478 e. The van der Waals surface area contributed by atoms with E-state index in [0.29, 0.717) is 28.4 Å². The molecule has 0 radical (unpaired) electrons. The zero-order chi connectivity index (χ0) is 26.0. The number of carbonyl (C=O) groups is 1. The summed E-state index contributed by atoms with van der Waals surface area (Å²) in [5.41, 5.74) is 11.7. The summed E-state index contributed by atoms with van der Waals surface area (Å²) >= 11 is 0. The summed E-state index contributed by atoms with van der Waals surface area (Å²) in [5.74, 6) is 0.0680. The highest BCUT2D eigenvalue weighted by Crippen LogP contribution is 2.31. The molecule has 12 nitrogen and oxygen atoms in total. The number of H-pyrrole nitrogens is 2. The molecule has 0 atom stereocenters. The lowest BCUT2D eigenvalue weighted by molar-refractivity contribution is -0.405. The molecule has 0 amide bonds. The first-order valence-electron chi connectivity index (χ1n) is 10.7. The summed E-state index contributed by atoms with van der Waals surface area (Å²) in [4.78, 5) is 30.8. The van der Waals surface area contributed by atoms with Crippen LogP contribution >= 0.6 is 0 Å². The standard InChI is InChI=1S/C24H22N8O4/c1-24(2,3)21-29-17-18(30-21)31-23(36-14-6-4-5-13(9-14)28-22(26)27)32-19(17)35-15-8-7-12(11-25)16(10-15)20(33)34/h4-10H,1-3H3,(H,33,34)(H4,26,27,28)(H,29,30,31,32)/p+1. The SMILES string of the molecule is CC(C)(C)c1nc2nc(Oc3cccc(N=C(N)N)c3)[nH+]c(Oc3ccc(C#N)c(C(=O)O)c3)c2[nH]1. The van der Waals surface area contributed by atoms with Crippen molar-refractivity contribution in [2.45, 2.75) is 26.2 Å². The summed E-state index contributed by atoms with van der Waals surface area (Å²) in [6.45, 7) is 5.96. The molecule has 4 aromatic rings. The van der Waals surface area contributed by atoms with E-state index in [-0.39, 0.29) is 40.1 Å². The molecule has 0 aliphatic heterocycles. The Morgan fingerprint density at radius 3 is 2.56 bits per heavy atom. The maximum atomic E-state index is 11.6. The van der Waals surface area contributed by atoms with E-state index in [1.54, 1.807) is 24.3 Å². The van der Waals surface area contributed by atoms with Crippen molar-refractivity contribution in [3.8, 4) is 29.5 Å². The predicted octanol–water partition coefficient (Wildman–Crippen LogP) is 3.13. The normalized spacial score (nSPS) is 11.1. The van der Waals surface area contributed by atoms with Crippen molar-refractivity contribution in [2.75, 3.05) is 0 Å². The lowest BCUT2D eigenvalue weighted by Gasteiger charge is -2.13. The number of aromatic carboxylic acids is 1. The average molecular weight is 488 g/mol. The number of nitrogens with two attached hydrogens (primary N) is 2. The third kappa shape index (κ3) is 5.15. The second-order valence-electron chi connectivity index (χ2n) is 8.77. The van der Waals surface area contributed by atoms with Gasteiger partial charge in [0.25, 0.3) is 0 Å². The highest BCUT2D eigenvalue weighted by molar-refractivity contribution is 5.91. The van der Waals surface area contributed by atoms with Gasteiger partial charge in [0.1, 0.15) is 23.4 Å². The van der Waals surface area contributed by atoms with Crippen LogP contribution in [-0.4, -0.2) is 32.0 Å². The number of ether oxygens (including phenoxy) is 2. The monoisotopic (exact) mass is 487 g/mol. The van der Waals surface area contributed by atoms with Crippen molar-refractivity contribution in [3.63, 3.8) is 0 Å². The lowest BCUT2D eigenvalue weighted by Crippen LogP contribution is -2.21. The summed E-state index contributed by atoms with van der Waals surface area (Å²) < 4.78 is 11.9. The Morgan fingerprint density at radius 1 is 1.14 bits per heavy atom. The molecule has 2 aromatic carbocycles. The first-order valence-corrected chi connectivity index (χ1v) is 10.7. The fourth-order valence-corrected chi connectivity index (χ4v) is 3.22. The molecule has 0 spiro atoms. The summed E-state index contributed by atoms with van der Waals surface area (Å²) in [6, 6.07) is 12.8. The van der Waals surface area contributed by atoms with Crippen LogP contribution in [0.1, 0.15) is 42.5 Å². The van der Waals surface area contributed by atoms with Crippen molar-refractivity contribution >= 4 is 28.8 Å². The van der Waals surface area contributed by atoms with E-state index in [4.69, 9.17) is 20.9 Å². The van der Waals surface area contributed by atoms with E-state index < -0.39 is 5.97 Å². The number of rotatable bonds is 6. The van der Waals surface area contributed by atoms with Gasteiger partial charge in [-0.2, -0.15) is 15.2 Å². The number of aliphatic imine (C=N–C) groups is 1. The number of imidazole rings is 1. The van der Waals surface area contributed by atoms with E-state index in [0.717, 1.165) is 0 Å². The second-order valence-corrected chi connectivity index (χ2v) is 8.77. The Labute approximate surface area is 205 Å². The number of guanidine groups is 1. The number of benzene rings is 2. The van der Waals surface area contributed by atoms with Crippen LogP contribution in [0.5, 0.6) is 23.4 Å². The Bertz CT molecular complexity index is 1540. The molecule has 7 N–H and O–H groups in total. The number of nitrogens with one attached hydrogen (secondary N) is 2. The highest BCUT2D eigenvalue weighted by atomic mass is 16.5. The number of hydrogen-bond acceptors (Lipinski definition) is 7. The second kappa shape index (κ2) is 9.22. The first kappa shape index (κ1) is 24.0. The van der Waals surface area contributed by atoms with Crippen molar-refractivity contribution in [1.82, 2.24) is 15.0 Å². The molecule has 0 bridgehead atoms. The van der Waals surface area contributed by atoms with Crippen LogP contribution in [0.2, 0.25) is 0 Å². The molecule has 0 saturated heterocycles. The van der Waals surface area contributed by atoms with Crippen LogP contribution < -0.4 is 25.9 Å². The van der Waals surface area contributed by atoms with Crippen molar-refractivity contribution < 1.29 is 24.4 Å². The van der Waals surface area contributed by atoms with Gasteiger partial charge in [0.2, 0.25) is 0 Å². The molecule has 0 aliphatic rings. The highest BCUT2D eigenvalue weighted by Gasteiger charge is 2.27. The van der Waals surface area contributed by atoms with E-state index in [9.17, 15) is 15.2 Å². The quantitative estimate of drug-likeness (QED) is 0.233. The van der Waals surface area contributed by atoms with Gasteiger partial charge < -0.3 is 31.0 Å². The van der Waals surface area contributed by atoms with Gasteiger partial charge in [-0.3, -0.25) is 0 Å². The Morgan fingerprint density at radius 2 is 1.89 bits per heavy atom. The molecule has 0 unspecified atom stereocenters. The fraction of sp³-hybridized carbons (Fsp3) is 0.167. The summed E-state index contributed by atoms with van der Waals surface area (Å²) in [5, 5.41) is 18.6. The minimum Gasteiger partial charge on any atom is -0.478 e. The molecule has 36 heavy (non-hydrogen) atoms. The molecule has 0 fully saturated rings. The zero-order valence-electron chi connectivity index (χ0n) is 19.7. The Hall–Kier alpha value is -5.18. The topological polar surface area (TPSA) is 200 Å². The Balaban J connectivity index is 1.79. The number of aromatic amines is 2. The lowest BCUT2D eigenvalue weighted by atomic mass is 9.96. The predicted molar refractivity (Wildman–Crippen MR) is 129 cm³/mol. The average Bonchev–Trinajstić information content (AvgIpc) is 3.24. The Kier molecular flexibility index (Phi) is 6.14. The number of fused-ring (bicyclic) bond motifs is 1. The van der Waals surface area contributed by atoms with Crippen molar-refractivity contribution in [1.29, 1.82) is 5.26 Å². The van der Waals surface area contributed by atoms with Crippen LogP contribution in [0, 0.1) is 11.3 Å². The molecule has 4 rings (SSSR count). The van der Waals surface area contributed by atoms with Gasteiger partial charge in [-0.05, 0) is 30.3 Å². The number of aromatic nitrogens is 4. The molecule has 2 heterocycles. The third-order valence-electron chi connectivity index (χ3n) is 4.90. The van der Waals surface area contributed by atoms with Crippen LogP contribution in [0.4, 0.5) is 5.69 Å². The molecule has 12 heteroatoms. The largest absolute Gasteiger partial charge is 0.507 e. The van der Waals surface area contributed by atoms with Crippen molar-refractivity contribution in [2.24, 2.45) is 16.5 Å². The van der Waals surface area contributed by atoms with Crippen LogP contribution in [0.15, 0.2) is 47.5 Å². The van der Waals surface area contributed by atoms with Gasteiger partial charge in [-0.15, -0.1) is 0 Å². The molecule has 0 saturated carbocycles. The van der Waals surface area contributed by atoms with Gasteiger partial charge in [0.05, 0.1) is 16.8 Å². The van der Waals surface area contributed by atoms with Gasteiger partial charge in [-0.1, -0.05) is 26.8 Å². The number of nitriles is 1. The molecular weight excluding hydrogens is 464 g/mol. The van der Waals surface area contributed by atoms with Crippen LogP contribution in [0.25, 0.3) is 11.2 Å². The molecule has 182 valence electrons. The molecular formula is C24H23N8O4+. The number of hydrogen-bond donors (Lipinski definition) is 4. The van der Waals surface area contributed by atoms with Gasteiger partial charge in [0, 0.05) is 16.5 Å². The van der Waals surface area contributed by atoms with Crippen molar-refractivity contribution in [3.05, 3.63) is 59.4 Å². The zero-order valence-corrected chi connectivity index (χ0v) is 19.7. The minimum absolute atomic E-state index is 0.0138. The van der Waals surface area contributed by atoms with Crippen LogP contribution in [0.3, 0.4) is 0 Å². The van der Waals surface area contributed by atoms with E-state index in [2.05, 4.69) is 24.9 Å². The van der Waals surface area contributed by atoms with Crippen LogP contribution in [-0.2, 0) is 5.41 Å². The third-order valence-corrected chi connectivity index (χ3v) is 4.90. The summed E-state index contributed by atoms with van der Waals surface area (Å²) in [7, 11) is 0. The van der Waals surface area contributed by atoms with E-state index in [1.165, 1.54) is 18.2 Å². The van der Waals surface area contributed by atoms with Gasteiger partial charge in [0.15, 0.2) is 11.5 Å². The fourth-order valence-electron chi connectivity index (χ4n) is 3.22. The van der Waals surface area contributed by atoms with E-state index in [1.807, 2.05) is 26.8 Å². The summed E-state index contributed by atoms with van der Waals surface area (Å²) in [6.07, 6.45) is 0. The first-order chi connectivity index (χ1) is 17.0.